The lowest BCUT2D eigenvalue weighted by Gasteiger charge is -2.12. The first kappa shape index (κ1) is 16.5. The number of rotatable bonds is 5. The van der Waals surface area contributed by atoms with Gasteiger partial charge in [0, 0.05) is 5.56 Å². The van der Waals surface area contributed by atoms with E-state index in [0.717, 1.165) is 0 Å². The summed E-state index contributed by atoms with van der Waals surface area (Å²) < 4.78 is 31.1. The Labute approximate surface area is 133 Å². The summed E-state index contributed by atoms with van der Waals surface area (Å²) in [6, 6.07) is 7.18. The Kier molecular flexibility index (Phi) is 4.90. The van der Waals surface area contributed by atoms with Crippen molar-refractivity contribution in [3.8, 4) is 0 Å². The summed E-state index contributed by atoms with van der Waals surface area (Å²) in [5.41, 5.74) is 0.191. The van der Waals surface area contributed by atoms with Gasteiger partial charge in [0.05, 0.1) is 17.3 Å². The van der Waals surface area contributed by atoms with Crippen LogP contribution in [0.25, 0.3) is 0 Å². The maximum Gasteiger partial charge on any atom is 0.251 e. The number of carbonyl (C=O) groups excluding carboxylic acids is 1. The molecule has 2 N–H and O–H groups in total. The molecule has 0 aliphatic carbocycles. The highest BCUT2D eigenvalue weighted by molar-refractivity contribution is 7.89. The molecule has 0 aliphatic rings. The lowest BCUT2D eigenvalue weighted by Crippen LogP contribution is -2.27. The molecule has 0 saturated carbocycles. The molecule has 8 heteroatoms. The molecule has 0 bridgehead atoms. The molecule has 2 aromatic rings. The zero-order valence-corrected chi connectivity index (χ0v) is 13.5. The third-order valence-corrected chi connectivity index (χ3v) is 4.97. The number of benzene rings is 1. The SMILES string of the molecule is CNS(=O)(=O)c1cc(C(=O)N[C@H](C)c2ccco2)ccc1Cl. The van der Waals surface area contributed by atoms with E-state index in [2.05, 4.69) is 10.0 Å². The van der Waals surface area contributed by atoms with Gasteiger partial charge in [-0.05, 0) is 44.3 Å². The van der Waals surface area contributed by atoms with Crippen LogP contribution >= 0.6 is 11.6 Å². The van der Waals surface area contributed by atoms with Crippen LogP contribution in [0.1, 0.15) is 29.1 Å². The average Bonchev–Trinajstić information content (AvgIpc) is 3.01. The summed E-state index contributed by atoms with van der Waals surface area (Å²) in [5.74, 6) is 0.179. The van der Waals surface area contributed by atoms with E-state index in [1.54, 1.807) is 19.1 Å². The summed E-state index contributed by atoms with van der Waals surface area (Å²) in [6.07, 6.45) is 1.51. The normalized spacial score (nSPS) is 12.9. The van der Waals surface area contributed by atoms with Gasteiger partial charge in [-0.1, -0.05) is 11.6 Å². The number of amides is 1. The molecule has 2 rings (SSSR count). The first-order valence-electron chi connectivity index (χ1n) is 6.42. The average molecular weight is 343 g/mol. The first-order valence-corrected chi connectivity index (χ1v) is 8.28. The monoisotopic (exact) mass is 342 g/mol. The van der Waals surface area contributed by atoms with Crippen LogP contribution in [0.15, 0.2) is 45.9 Å². The topological polar surface area (TPSA) is 88.4 Å². The molecule has 0 fully saturated rings. The van der Waals surface area contributed by atoms with Gasteiger partial charge >= 0.3 is 0 Å². The van der Waals surface area contributed by atoms with E-state index in [-0.39, 0.29) is 21.5 Å². The molecule has 22 heavy (non-hydrogen) atoms. The van der Waals surface area contributed by atoms with Gasteiger partial charge in [-0.3, -0.25) is 4.79 Å². The molecule has 0 unspecified atom stereocenters. The van der Waals surface area contributed by atoms with Crippen LogP contribution < -0.4 is 10.0 Å². The maximum absolute atomic E-state index is 12.2. The third-order valence-electron chi connectivity index (χ3n) is 3.07. The zero-order valence-electron chi connectivity index (χ0n) is 12.0. The Morgan fingerprint density at radius 1 is 1.32 bits per heavy atom. The van der Waals surface area contributed by atoms with Crippen LogP contribution in [0, 0.1) is 0 Å². The second kappa shape index (κ2) is 6.51. The molecule has 0 radical (unpaired) electrons. The Balaban J connectivity index is 2.26. The van der Waals surface area contributed by atoms with Crippen molar-refractivity contribution >= 4 is 27.5 Å². The van der Waals surface area contributed by atoms with E-state index in [1.165, 1.54) is 31.5 Å². The summed E-state index contributed by atoms with van der Waals surface area (Å²) in [5, 5.41) is 2.77. The van der Waals surface area contributed by atoms with Crippen LogP contribution in [-0.4, -0.2) is 21.4 Å². The second-order valence-corrected chi connectivity index (χ2v) is 6.83. The number of carbonyl (C=O) groups is 1. The van der Waals surface area contributed by atoms with E-state index < -0.39 is 15.9 Å². The van der Waals surface area contributed by atoms with E-state index in [1.807, 2.05) is 0 Å². The van der Waals surface area contributed by atoms with Crippen molar-refractivity contribution in [2.45, 2.75) is 17.9 Å². The van der Waals surface area contributed by atoms with Crippen molar-refractivity contribution in [1.29, 1.82) is 0 Å². The minimum atomic E-state index is -3.74. The maximum atomic E-state index is 12.2. The fraction of sp³-hybridized carbons (Fsp3) is 0.214. The van der Waals surface area contributed by atoms with Crippen LogP contribution in [0.2, 0.25) is 5.02 Å². The molecule has 1 heterocycles. The van der Waals surface area contributed by atoms with E-state index in [4.69, 9.17) is 16.0 Å². The largest absolute Gasteiger partial charge is 0.467 e. The number of sulfonamides is 1. The highest BCUT2D eigenvalue weighted by Gasteiger charge is 2.20. The highest BCUT2D eigenvalue weighted by Crippen LogP contribution is 2.23. The molecule has 0 saturated heterocycles. The molecule has 1 amide bonds. The predicted octanol–water partition coefficient (Wildman–Crippen LogP) is 2.33. The van der Waals surface area contributed by atoms with E-state index in [0.29, 0.717) is 5.76 Å². The van der Waals surface area contributed by atoms with Crippen molar-refractivity contribution in [1.82, 2.24) is 10.0 Å². The van der Waals surface area contributed by atoms with Gasteiger partial charge in [0.2, 0.25) is 10.0 Å². The zero-order chi connectivity index (χ0) is 16.3. The Morgan fingerprint density at radius 2 is 2.05 bits per heavy atom. The van der Waals surface area contributed by atoms with Gasteiger partial charge in [-0.15, -0.1) is 0 Å². The molecule has 118 valence electrons. The minimum absolute atomic E-state index is 0.0463. The summed E-state index contributed by atoms with van der Waals surface area (Å²) in [4.78, 5) is 12.1. The second-order valence-electron chi connectivity index (χ2n) is 4.56. The Morgan fingerprint density at radius 3 is 2.64 bits per heavy atom. The molecular weight excluding hydrogens is 328 g/mol. The summed E-state index contributed by atoms with van der Waals surface area (Å²) in [6.45, 7) is 1.76. The molecule has 1 atom stereocenters. The molecule has 1 aromatic carbocycles. The molecule has 0 spiro atoms. The van der Waals surface area contributed by atoms with Crippen molar-refractivity contribution in [3.05, 3.63) is 52.9 Å². The van der Waals surface area contributed by atoms with Gasteiger partial charge in [-0.25, -0.2) is 13.1 Å². The standard InChI is InChI=1S/C14H15ClN2O4S/c1-9(12-4-3-7-21-12)17-14(18)10-5-6-11(15)13(8-10)22(19,20)16-2/h3-9,16H,1-2H3,(H,17,18)/t9-/m1/s1. The number of furan rings is 1. The van der Waals surface area contributed by atoms with Crippen LogP contribution in [0.3, 0.4) is 0 Å². The number of hydrogen-bond donors (Lipinski definition) is 2. The Hall–Kier alpha value is -1.83. The van der Waals surface area contributed by atoms with Crippen molar-refractivity contribution in [2.75, 3.05) is 7.05 Å². The minimum Gasteiger partial charge on any atom is -0.467 e. The van der Waals surface area contributed by atoms with Crippen LogP contribution in [-0.2, 0) is 10.0 Å². The van der Waals surface area contributed by atoms with Gasteiger partial charge in [-0.2, -0.15) is 0 Å². The fourth-order valence-corrected chi connectivity index (χ4v) is 3.10. The lowest BCUT2D eigenvalue weighted by atomic mass is 10.2. The number of halogens is 1. The van der Waals surface area contributed by atoms with Gasteiger partial charge in [0.1, 0.15) is 10.7 Å². The molecule has 6 nitrogen and oxygen atoms in total. The summed E-state index contributed by atoms with van der Waals surface area (Å²) >= 11 is 5.89. The van der Waals surface area contributed by atoms with Crippen molar-refractivity contribution in [2.24, 2.45) is 0 Å². The third kappa shape index (κ3) is 3.49. The fourth-order valence-electron chi connectivity index (χ4n) is 1.85. The lowest BCUT2D eigenvalue weighted by molar-refractivity contribution is 0.0935. The molecule has 1 aromatic heterocycles. The molecular formula is C14H15ClN2O4S. The van der Waals surface area contributed by atoms with Gasteiger partial charge in [0.15, 0.2) is 0 Å². The first-order chi connectivity index (χ1) is 10.3. The smallest absolute Gasteiger partial charge is 0.251 e. The highest BCUT2D eigenvalue weighted by atomic mass is 35.5. The van der Waals surface area contributed by atoms with Gasteiger partial charge in [0.25, 0.3) is 5.91 Å². The number of nitrogens with one attached hydrogen (secondary N) is 2. The van der Waals surface area contributed by atoms with Gasteiger partial charge < -0.3 is 9.73 Å². The summed E-state index contributed by atoms with van der Waals surface area (Å²) in [7, 11) is -2.46. The predicted molar refractivity (Wildman–Crippen MR) is 82.3 cm³/mol. The van der Waals surface area contributed by atoms with Crippen LogP contribution in [0.4, 0.5) is 0 Å². The van der Waals surface area contributed by atoms with E-state index >= 15 is 0 Å². The van der Waals surface area contributed by atoms with Crippen molar-refractivity contribution < 1.29 is 17.6 Å². The Bertz CT molecular complexity index is 772. The quantitative estimate of drug-likeness (QED) is 0.872. The molecule has 0 aliphatic heterocycles. The van der Waals surface area contributed by atoms with E-state index in [9.17, 15) is 13.2 Å². The van der Waals surface area contributed by atoms with Crippen LogP contribution in [0.5, 0.6) is 0 Å². The van der Waals surface area contributed by atoms with Crippen molar-refractivity contribution in [3.63, 3.8) is 0 Å². The number of hydrogen-bond acceptors (Lipinski definition) is 4.